The molecule has 0 N–H and O–H groups in total. The number of hydrogen-bond acceptors (Lipinski definition) is 3. The summed E-state index contributed by atoms with van der Waals surface area (Å²) in [6, 6.07) is 14.1. The first-order valence-electron chi connectivity index (χ1n) is 7.10. The third-order valence-electron chi connectivity index (χ3n) is 3.68. The van der Waals surface area contributed by atoms with Crippen LogP contribution in [-0.2, 0) is 9.59 Å². The number of halogens is 1. The number of ether oxygens (including phenoxy) is 1. The molecule has 2 amide bonds. The number of carbonyl (C=O) groups excluding carboxylic acids is 2. The second-order valence-electron chi connectivity index (χ2n) is 5.16. The first-order valence-corrected chi connectivity index (χ1v) is 7.48. The molecule has 0 bridgehead atoms. The van der Waals surface area contributed by atoms with E-state index in [1.807, 2.05) is 24.3 Å². The lowest BCUT2D eigenvalue weighted by molar-refractivity contribution is -0.124. The van der Waals surface area contributed by atoms with Crippen LogP contribution in [0.3, 0.4) is 0 Å². The molecule has 0 atom stereocenters. The Hall–Kier alpha value is -2.53. The summed E-state index contributed by atoms with van der Waals surface area (Å²) in [6.45, 7) is -0.136. The number of nitrogens with zero attached hydrogens (tertiary/aromatic N) is 2. The molecule has 0 saturated carbocycles. The first kappa shape index (κ1) is 15.4. The summed E-state index contributed by atoms with van der Waals surface area (Å²) >= 11 is 5.81. The van der Waals surface area contributed by atoms with Crippen molar-refractivity contribution in [2.75, 3.05) is 30.0 Å². The summed E-state index contributed by atoms with van der Waals surface area (Å²) < 4.78 is 5.48. The van der Waals surface area contributed by atoms with Crippen LogP contribution in [0.2, 0.25) is 5.02 Å². The molecule has 118 valence electrons. The van der Waals surface area contributed by atoms with E-state index in [2.05, 4.69) is 0 Å². The van der Waals surface area contributed by atoms with Gasteiger partial charge in [0.1, 0.15) is 12.3 Å². The number of rotatable bonds is 3. The molecule has 0 spiro atoms. The molecular formula is C17H15ClN2O3. The average Bonchev–Trinajstić information content (AvgIpc) is 2.57. The van der Waals surface area contributed by atoms with Crippen molar-refractivity contribution in [3.05, 3.63) is 53.6 Å². The fourth-order valence-electron chi connectivity index (χ4n) is 2.41. The van der Waals surface area contributed by atoms with Gasteiger partial charge in [0.2, 0.25) is 5.91 Å². The Morgan fingerprint density at radius 3 is 2.48 bits per heavy atom. The Kier molecular flexibility index (Phi) is 4.21. The van der Waals surface area contributed by atoms with Gasteiger partial charge in [-0.15, -0.1) is 0 Å². The van der Waals surface area contributed by atoms with Gasteiger partial charge in [-0.05, 0) is 36.4 Å². The van der Waals surface area contributed by atoms with Crippen molar-refractivity contribution in [3.63, 3.8) is 0 Å². The zero-order valence-corrected chi connectivity index (χ0v) is 13.3. The second kappa shape index (κ2) is 6.30. The van der Waals surface area contributed by atoms with Crippen molar-refractivity contribution in [1.82, 2.24) is 0 Å². The smallest absolute Gasteiger partial charge is 0.265 e. The minimum absolute atomic E-state index is 0.0102. The van der Waals surface area contributed by atoms with Crippen molar-refractivity contribution in [2.45, 2.75) is 0 Å². The van der Waals surface area contributed by atoms with Crippen LogP contribution in [0.15, 0.2) is 48.5 Å². The summed E-state index contributed by atoms with van der Waals surface area (Å²) in [5.74, 6) is 0.147. The van der Waals surface area contributed by atoms with Crippen LogP contribution in [0.1, 0.15) is 0 Å². The van der Waals surface area contributed by atoms with E-state index in [-0.39, 0.29) is 25.0 Å². The van der Waals surface area contributed by atoms with Crippen LogP contribution < -0.4 is 14.5 Å². The molecular weight excluding hydrogens is 316 g/mol. The zero-order chi connectivity index (χ0) is 16.4. The Morgan fingerprint density at radius 2 is 1.78 bits per heavy atom. The monoisotopic (exact) mass is 330 g/mol. The number of likely N-dealkylation sites (N-methyl/N-ethyl adjacent to an activating group) is 1. The predicted molar refractivity (Wildman–Crippen MR) is 89.2 cm³/mol. The van der Waals surface area contributed by atoms with E-state index in [9.17, 15) is 9.59 Å². The third kappa shape index (κ3) is 3.14. The molecule has 0 fully saturated rings. The maximum Gasteiger partial charge on any atom is 0.265 e. The number of anilines is 2. The van der Waals surface area contributed by atoms with Gasteiger partial charge in [0.25, 0.3) is 5.91 Å². The van der Waals surface area contributed by atoms with Gasteiger partial charge in [0.05, 0.1) is 11.4 Å². The lowest BCUT2D eigenvalue weighted by atomic mass is 10.1. The Labute approximate surface area is 139 Å². The van der Waals surface area contributed by atoms with Crippen molar-refractivity contribution < 1.29 is 14.3 Å². The maximum absolute atomic E-state index is 12.5. The molecule has 23 heavy (non-hydrogen) atoms. The SMILES string of the molecule is CN1C(=O)CN(C(=O)COc2ccc(Cl)cc2)c2ccccc21. The Balaban J connectivity index is 1.76. The molecule has 2 aromatic carbocycles. The Bertz CT molecular complexity index is 746. The van der Waals surface area contributed by atoms with Crippen LogP contribution in [0, 0.1) is 0 Å². The molecule has 6 heteroatoms. The number of para-hydroxylation sites is 2. The van der Waals surface area contributed by atoms with Crippen LogP contribution in [-0.4, -0.2) is 32.0 Å². The summed E-state index contributed by atoms with van der Waals surface area (Å²) in [7, 11) is 1.70. The van der Waals surface area contributed by atoms with Gasteiger partial charge < -0.3 is 9.64 Å². The van der Waals surface area contributed by atoms with Crippen LogP contribution in [0.5, 0.6) is 5.75 Å². The highest BCUT2D eigenvalue weighted by atomic mass is 35.5. The van der Waals surface area contributed by atoms with Gasteiger partial charge in [0, 0.05) is 12.1 Å². The molecule has 0 radical (unpaired) electrons. The quantitative estimate of drug-likeness (QED) is 0.869. The second-order valence-corrected chi connectivity index (χ2v) is 5.60. The minimum atomic E-state index is -0.270. The lowest BCUT2D eigenvalue weighted by Gasteiger charge is -2.33. The van der Waals surface area contributed by atoms with Crippen LogP contribution in [0.4, 0.5) is 11.4 Å². The largest absolute Gasteiger partial charge is 0.484 e. The van der Waals surface area contributed by atoms with E-state index in [0.717, 1.165) is 0 Å². The molecule has 1 heterocycles. The summed E-state index contributed by atoms with van der Waals surface area (Å²) in [6.07, 6.45) is 0. The van der Waals surface area contributed by atoms with E-state index in [4.69, 9.17) is 16.3 Å². The van der Waals surface area contributed by atoms with E-state index < -0.39 is 0 Å². The third-order valence-corrected chi connectivity index (χ3v) is 3.93. The zero-order valence-electron chi connectivity index (χ0n) is 12.5. The molecule has 5 nitrogen and oxygen atoms in total. The molecule has 2 aromatic rings. The molecule has 1 aliphatic heterocycles. The average molecular weight is 331 g/mol. The van der Waals surface area contributed by atoms with Gasteiger partial charge in [0.15, 0.2) is 6.61 Å². The van der Waals surface area contributed by atoms with Crippen molar-refractivity contribution in [1.29, 1.82) is 0 Å². The summed E-state index contributed by atoms with van der Waals surface area (Å²) in [4.78, 5) is 27.5. The lowest BCUT2D eigenvalue weighted by Crippen LogP contribution is -2.48. The normalized spacial score (nSPS) is 13.7. The molecule has 0 unspecified atom stereocenters. The Morgan fingerprint density at radius 1 is 1.13 bits per heavy atom. The molecule has 0 aromatic heterocycles. The fourth-order valence-corrected chi connectivity index (χ4v) is 2.54. The highest BCUT2D eigenvalue weighted by Gasteiger charge is 2.30. The van der Waals surface area contributed by atoms with Crippen LogP contribution in [0.25, 0.3) is 0 Å². The molecule has 3 rings (SSSR count). The maximum atomic E-state index is 12.5. The van der Waals surface area contributed by atoms with Gasteiger partial charge in [-0.1, -0.05) is 23.7 Å². The van der Waals surface area contributed by atoms with Gasteiger partial charge in [-0.25, -0.2) is 0 Å². The van der Waals surface area contributed by atoms with Crippen LogP contribution >= 0.6 is 11.6 Å². The van der Waals surface area contributed by atoms with Gasteiger partial charge in [-0.3, -0.25) is 14.5 Å². The molecule has 1 aliphatic rings. The van der Waals surface area contributed by atoms with Gasteiger partial charge in [-0.2, -0.15) is 0 Å². The number of hydrogen-bond donors (Lipinski definition) is 0. The van der Waals surface area contributed by atoms with E-state index in [0.29, 0.717) is 22.1 Å². The van der Waals surface area contributed by atoms with E-state index in [1.165, 1.54) is 4.90 Å². The standard InChI is InChI=1S/C17H15ClN2O3/c1-19-14-4-2-3-5-15(14)20(10-16(19)21)17(22)11-23-13-8-6-12(18)7-9-13/h2-9H,10-11H2,1H3. The van der Waals surface area contributed by atoms with Crippen molar-refractivity contribution >= 4 is 34.8 Å². The van der Waals surface area contributed by atoms with Crippen molar-refractivity contribution in [3.8, 4) is 5.75 Å². The fraction of sp³-hybridized carbons (Fsp3) is 0.176. The topological polar surface area (TPSA) is 49.9 Å². The predicted octanol–water partition coefficient (Wildman–Crippen LogP) is 2.73. The van der Waals surface area contributed by atoms with Crippen molar-refractivity contribution in [2.24, 2.45) is 0 Å². The highest BCUT2D eigenvalue weighted by Crippen LogP contribution is 2.32. The number of carbonyl (C=O) groups is 2. The number of benzene rings is 2. The molecule has 0 aliphatic carbocycles. The van der Waals surface area contributed by atoms with E-state index in [1.54, 1.807) is 36.2 Å². The van der Waals surface area contributed by atoms with Gasteiger partial charge >= 0.3 is 0 Å². The van der Waals surface area contributed by atoms with E-state index >= 15 is 0 Å². The minimum Gasteiger partial charge on any atom is -0.484 e. The highest BCUT2D eigenvalue weighted by molar-refractivity contribution is 6.30. The summed E-state index contributed by atoms with van der Waals surface area (Å²) in [5, 5.41) is 0.599. The summed E-state index contributed by atoms with van der Waals surface area (Å²) in [5.41, 5.74) is 1.42. The number of amides is 2. The first-order chi connectivity index (χ1) is 11.1. The number of fused-ring (bicyclic) bond motifs is 1. The molecule has 0 saturated heterocycles.